The van der Waals surface area contributed by atoms with Crippen molar-refractivity contribution >= 4 is 38.8 Å². The standard InChI is InChI=1S/C23H19FN4O2S2/c1-3-28(11-15-6-5-14(10-25)8-17(15)24)20(29)9-19-26-22(30)21-16(12-31-23(21)27-19)18-7-4-13(2)32-18/h4-8,12H,3,9,11H2,1-2H3,(H,26,27,30). The number of nitrogens with zero attached hydrogens (tertiary/aromatic N) is 3. The number of carbonyl (C=O) groups is 1. The number of likely N-dealkylation sites (N-methyl/N-ethyl adjacent to an activating group) is 1. The Hall–Kier alpha value is -3.35. The van der Waals surface area contributed by atoms with Gasteiger partial charge < -0.3 is 9.88 Å². The Kier molecular flexibility index (Phi) is 6.17. The van der Waals surface area contributed by atoms with E-state index in [0.29, 0.717) is 22.3 Å². The highest BCUT2D eigenvalue weighted by atomic mass is 32.1. The van der Waals surface area contributed by atoms with Crippen LogP contribution in [0.25, 0.3) is 20.7 Å². The highest BCUT2D eigenvalue weighted by molar-refractivity contribution is 7.19. The molecule has 4 rings (SSSR count). The van der Waals surface area contributed by atoms with Crippen LogP contribution in [0.5, 0.6) is 0 Å². The summed E-state index contributed by atoms with van der Waals surface area (Å²) in [6.07, 6.45) is -0.0950. The lowest BCUT2D eigenvalue weighted by Gasteiger charge is -2.21. The van der Waals surface area contributed by atoms with Gasteiger partial charge in [0.25, 0.3) is 5.56 Å². The van der Waals surface area contributed by atoms with E-state index >= 15 is 0 Å². The molecule has 1 aromatic carbocycles. The first-order chi connectivity index (χ1) is 15.4. The quantitative estimate of drug-likeness (QED) is 0.449. The van der Waals surface area contributed by atoms with Gasteiger partial charge >= 0.3 is 0 Å². The molecule has 3 heterocycles. The van der Waals surface area contributed by atoms with Crippen LogP contribution < -0.4 is 5.56 Å². The van der Waals surface area contributed by atoms with Gasteiger partial charge in [-0.2, -0.15) is 5.26 Å². The number of H-pyrrole nitrogens is 1. The van der Waals surface area contributed by atoms with Gasteiger partial charge in [0, 0.05) is 39.4 Å². The first kappa shape index (κ1) is 21.9. The molecule has 0 atom stereocenters. The number of hydrogen-bond donors (Lipinski definition) is 1. The molecule has 3 aromatic heterocycles. The zero-order chi connectivity index (χ0) is 22.8. The van der Waals surface area contributed by atoms with Gasteiger partial charge in [-0.25, -0.2) is 9.37 Å². The number of amides is 1. The van der Waals surface area contributed by atoms with E-state index in [0.717, 1.165) is 21.4 Å². The van der Waals surface area contributed by atoms with E-state index in [9.17, 15) is 14.0 Å². The number of fused-ring (bicyclic) bond motifs is 1. The summed E-state index contributed by atoms with van der Waals surface area (Å²) in [6, 6.07) is 10.1. The fourth-order valence-electron chi connectivity index (χ4n) is 3.42. The van der Waals surface area contributed by atoms with Crippen molar-refractivity contribution in [2.45, 2.75) is 26.8 Å². The molecule has 0 unspecified atom stereocenters. The van der Waals surface area contributed by atoms with Crippen molar-refractivity contribution in [1.82, 2.24) is 14.9 Å². The van der Waals surface area contributed by atoms with Gasteiger partial charge in [0.05, 0.1) is 23.4 Å². The molecule has 1 N–H and O–H groups in total. The predicted octanol–water partition coefficient (Wildman–Crippen LogP) is 4.62. The van der Waals surface area contributed by atoms with Crippen molar-refractivity contribution in [1.29, 1.82) is 5.26 Å². The highest BCUT2D eigenvalue weighted by Gasteiger charge is 2.19. The Labute approximate surface area is 191 Å². The number of aromatic nitrogens is 2. The average Bonchev–Trinajstić information content (AvgIpc) is 3.39. The molecule has 0 saturated heterocycles. The lowest BCUT2D eigenvalue weighted by Crippen LogP contribution is -2.33. The monoisotopic (exact) mass is 466 g/mol. The highest BCUT2D eigenvalue weighted by Crippen LogP contribution is 2.35. The minimum Gasteiger partial charge on any atom is -0.338 e. The Morgan fingerprint density at radius 2 is 2.12 bits per heavy atom. The van der Waals surface area contributed by atoms with E-state index in [4.69, 9.17) is 5.26 Å². The lowest BCUT2D eigenvalue weighted by molar-refractivity contribution is -0.131. The second-order valence-electron chi connectivity index (χ2n) is 7.26. The summed E-state index contributed by atoms with van der Waals surface area (Å²) in [4.78, 5) is 37.1. The topological polar surface area (TPSA) is 89.8 Å². The van der Waals surface area contributed by atoms with Crippen molar-refractivity contribution < 1.29 is 9.18 Å². The Morgan fingerprint density at radius 3 is 2.78 bits per heavy atom. The predicted molar refractivity (Wildman–Crippen MR) is 124 cm³/mol. The van der Waals surface area contributed by atoms with Crippen LogP contribution in [-0.2, 0) is 17.8 Å². The van der Waals surface area contributed by atoms with Crippen molar-refractivity contribution in [2.75, 3.05) is 6.54 Å². The number of halogens is 1. The number of thiophene rings is 2. The third-order valence-corrected chi connectivity index (χ3v) is 7.00. The van der Waals surface area contributed by atoms with Crippen LogP contribution in [0.2, 0.25) is 0 Å². The van der Waals surface area contributed by atoms with E-state index in [2.05, 4.69) is 9.97 Å². The summed E-state index contributed by atoms with van der Waals surface area (Å²) in [7, 11) is 0. The summed E-state index contributed by atoms with van der Waals surface area (Å²) in [5, 5.41) is 11.3. The average molecular weight is 467 g/mol. The summed E-state index contributed by atoms with van der Waals surface area (Å²) in [5.74, 6) is -0.524. The molecule has 32 heavy (non-hydrogen) atoms. The molecular weight excluding hydrogens is 447 g/mol. The molecule has 0 aliphatic heterocycles. The number of aryl methyl sites for hydroxylation is 1. The van der Waals surface area contributed by atoms with E-state index < -0.39 is 5.82 Å². The van der Waals surface area contributed by atoms with Gasteiger partial charge in [-0.3, -0.25) is 9.59 Å². The molecule has 0 aliphatic rings. The maximum absolute atomic E-state index is 14.2. The number of carbonyl (C=O) groups excluding carboxylic acids is 1. The Morgan fingerprint density at radius 1 is 1.31 bits per heavy atom. The van der Waals surface area contributed by atoms with Crippen molar-refractivity contribution in [3.05, 3.63) is 73.7 Å². The van der Waals surface area contributed by atoms with Gasteiger partial charge in [-0.05, 0) is 38.1 Å². The molecule has 1 amide bonds. The third-order valence-electron chi connectivity index (χ3n) is 5.10. The summed E-state index contributed by atoms with van der Waals surface area (Å²) in [5.41, 5.74) is 1.12. The molecule has 0 bridgehead atoms. The number of benzene rings is 1. The molecule has 6 nitrogen and oxygen atoms in total. The van der Waals surface area contributed by atoms with Gasteiger partial charge in [0.15, 0.2) is 0 Å². The zero-order valence-electron chi connectivity index (χ0n) is 17.4. The smallest absolute Gasteiger partial charge is 0.260 e. The number of aromatic amines is 1. The second kappa shape index (κ2) is 9.02. The molecule has 9 heteroatoms. The number of hydrogen-bond acceptors (Lipinski definition) is 6. The van der Waals surface area contributed by atoms with Crippen LogP contribution in [0, 0.1) is 24.1 Å². The minimum absolute atomic E-state index is 0.0697. The molecule has 162 valence electrons. The van der Waals surface area contributed by atoms with Crippen LogP contribution in [0.1, 0.15) is 28.8 Å². The summed E-state index contributed by atoms with van der Waals surface area (Å²) in [6.45, 7) is 4.25. The maximum atomic E-state index is 14.2. The van der Waals surface area contributed by atoms with E-state index in [1.54, 1.807) is 18.3 Å². The Balaban J connectivity index is 1.56. The number of nitrogens with one attached hydrogen (secondary N) is 1. The van der Waals surface area contributed by atoms with Gasteiger partial charge in [-0.15, -0.1) is 22.7 Å². The zero-order valence-corrected chi connectivity index (χ0v) is 19.1. The van der Waals surface area contributed by atoms with Crippen molar-refractivity contribution in [2.24, 2.45) is 0 Å². The van der Waals surface area contributed by atoms with Crippen molar-refractivity contribution in [3.8, 4) is 16.5 Å². The largest absolute Gasteiger partial charge is 0.338 e. The van der Waals surface area contributed by atoms with Crippen LogP contribution in [0.3, 0.4) is 0 Å². The molecular formula is C23H19FN4O2S2. The van der Waals surface area contributed by atoms with Gasteiger partial charge in [0.2, 0.25) is 5.91 Å². The molecule has 0 saturated carbocycles. The molecule has 0 radical (unpaired) electrons. The molecule has 4 aromatic rings. The van der Waals surface area contributed by atoms with E-state index in [1.807, 2.05) is 30.5 Å². The fourth-order valence-corrected chi connectivity index (χ4v) is 5.34. The third kappa shape index (κ3) is 4.33. The number of nitriles is 1. The second-order valence-corrected chi connectivity index (χ2v) is 9.40. The Bertz CT molecular complexity index is 1410. The summed E-state index contributed by atoms with van der Waals surface area (Å²) >= 11 is 2.98. The van der Waals surface area contributed by atoms with Crippen LogP contribution in [-0.4, -0.2) is 27.3 Å². The first-order valence-corrected chi connectivity index (χ1v) is 11.6. The van der Waals surface area contributed by atoms with Crippen LogP contribution in [0.15, 0.2) is 40.5 Å². The molecule has 0 fully saturated rings. The number of rotatable bonds is 6. The molecule has 0 aliphatic carbocycles. The fraction of sp³-hybridized carbons (Fsp3) is 0.217. The normalized spacial score (nSPS) is 10.9. The maximum Gasteiger partial charge on any atom is 0.260 e. The van der Waals surface area contributed by atoms with Crippen molar-refractivity contribution in [3.63, 3.8) is 0 Å². The SMILES string of the molecule is CCN(Cc1ccc(C#N)cc1F)C(=O)Cc1nc2scc(-c3ccc(C)s3)c2c(=O)[nH]1. The van der Waals surface area contributed by atoms with E-state index in [-0.39, 0.29) is 35.8 Å². The van der Waals surface area contributed by atoms with Crippen LogP contribution >= 0.6 is 22.7 Å². The first-order valence-electron chi connectivity index (χ1n) is 9.93. The van der Waals surface area contributed by atoms with Gasteiger partial charge in [0.1, 0.15) is 16.5 Å². The minimum atomic E-state index is -0.529. The lowest BCUT2D eigenvalue weighted by atomic mass is 10.1. The van der Waals surface area contributed by atoms with Gasteiger partial charge in [-0.1, -0.05) is 6.07 Å². The summed E-state index contributed by atoms with van der Waals surface area (Å²) < 4.78 is 14.2. The molecule has 0 spiro atoms. The van der Waals surface area contributed by atoms with Crippen LogP contribution in [0.4, 0.5) is 4.39 Å². The van der Waals surface area contributed by atoms with E-state index in [1.165, 1.54) is 28.4 Å².